The van der Waals surface area contributed by atoms with Crippen molar-refractivity contribution in [1.82, 2.24) is 4.98 Å². The van der Waals surface area contributed by atoms with Crippen LogP contribution in [0.2, 0.25) is 0 Å². The first-order valence-electron chi connectivity index (χ1n) is 8.26. The van der Waals surface area contributed by atoms with Crippen molar-refractivity contribution >= 4 is 16.6 Å². The first kappa shape index (κ1) is 12.9. The lowest BCUT2D eigenvalue weighted by atomic mass is 9.83. The van der Waals surface area contributed by atoms with Gasteiger partial charge >= 0.3 is 0 Å². The van der Waals surface area contributed by atoms with Crippen LogP contribution in [0, 0.1) is 0 Å². The predicted molar refractivity (Wildman–Crippen MR) is 92.4 cm³/mol. The molecule has 1 aliphatic carbocycles. The van der Waals surface area contributed by atoms with Crippen molar-refractivity contribution in [2.45, 2.75) is 31.3 Å². The van der Waals surface area contributed by atoms with Crippen LogP contribution in [0.1, 0.15) is 31.2 Å². The van der Waals surface area contributed by atoms with Gasteiger partial charge in [0, 0.05) is 16.5 Å². The summed E-state index contributed by atoms with van der Waals surface area (Å²) < 4.78 is 6.52. The van der Waals surface area contributed by atoms with Crippen LogP contribution >= 0.6 is 0 Å². The lowest BCUT2D eigenvalue weighted by molar-refractivity contribution is 0.0716. The van der Waals surface area contributed by atoms with Crippen molar-refractivity contribution in [3.63, 3.8) is 0 Å². The molecule has 1 aliphatic heterocycles. The van der Waals surface area contributed by atoms with Gasteiger partial charge in [-0.2, -0.15) is 0 Å². The molecule has 0 unspecified atom stereocenters. The first-order chi connectivity index (χ1) is 11.3. The third-order valence-corrected chi connectivity index (χ3v) is 5.25. The van der Waals surface area contributed by atoms with Gasteiger partial charge in [-0.25, -0.2) is 4.98 Å². The van der Waals surface area contributed by atoms with Crippen LogP contribution in [0.25, 0.3) is 22.2 Å². The van der Waals surface area contributed by atoms with Gasteiger partial charge < -0.3 is 10.5 Å². The molecular weight excluding hydrogens is 284 g/mol. The van der Waals surface area contributed by atoms with Gasteiger partial charge in [0.2, 0.25) is 0 Å². The molecule has 23 heavy (non-hydrogen) atoms. The molecule has 1 spiro atoms. The van der Waals surface area contributed by atoms with E-state index < -0.39 is 0 Å². The molecule has 3 aromatic rings. The number of para-hydroxylation sites is 2. The molecule has 0 atom stereocenters. The van der Waals surface area contributed by atoms with Gasteiger partial charge in [-0.15, -0.1) is 0 Å². The summed E-state index contributed by atoms with van der Waals surface area (Å²) in [6.45, 7) is 0. The molecule has 2 N–H and O–H groups in total. The second-order valence-corrected chi connectivity index (χ2v) is 6.57. The zero-order valence-corrected chi connectivity index (χ0v) is 12.9. The molecule has 114 valence electrons. The van der Waals surface area contributed by atoms with E-state index >= 15 is 0 Å². The molecule has 0 radical (unpaired) electrons. The highest BCUT2D eigenvalue weighted by Gasteiger charge is 2.45. The Morgan fingerprint density at radius 2 is 1.70 bits per heavy atom. The van der Waals surface area contributed by atoms with E-state index in [0.29, 0.717) is 0 Å². The van der Waals surface area contributed by atoms with E-state index in [2.05, 4.69) is 12.1 Å². The van der Waals surface area contributed by atoms with E-state index in [9.17, 15) is 0 Å². The third-order valence-electron chi connectivity index (χ3n) is 5.25. The Hall–Kier alpha value is -2.55. The summed E-state index contributed by atoms with van der Waals surface area (Å²) in [4.78, 5) is 4.98. The maximum Gasteiger partial charge on any atom is 0.138 e. The van der Waals surface area contributed by atoms with Gasteiger partial charge in [0.1, 0.15) is 11.4 Å². The summed E-state index contributed by atoms with van der Waals surface area (Å²) in [5.41, 5.74) is 11.3. The van der Waals surface area contributed by atoms with E-state index in [1.165, 1.54) is 12.8 Å². The Bertz CT molecular complexity index is 926. The normalized spacial score (nSPS) is 17.7. The van der Waals surface area contributed by atoms with Gasteiger partial charge in [0.25, 0.3) is 0 Å². The molecule has 2 aliphatic rings. The van der Waals surface area contributed by atoms with E-state index in [1.807, 2.05) is 36.4 Å². The second-order valence-electron chi connectivity index (χ2n) is 6.57. The number of rotatable bonds is 0. The molecule has 0 amide bonds. The zero-order chi connectivity index (χ0) is 15.4. The van der Waals surface area contributed by atoms with Gasteiger partial charge in [-0.1, -0.05) is 30.3 Å². The minimum atomic E-state index is -0.301. The predicted octanol–water partition coefficient (Wildman–Crippen LogP) is 4.65. The maximum absolute atomic E-state index is 6.63. The molecule has 0 saturated heterocycles. The first-order valence-corrected chi connectivity index (χ1v) is 8.26. The van der Waals surface area contributed by atoms with Crippen LogP contribution < -0.4 is 10.5 Å². The number of aromatic nitrogens is 1. The van der Waals surface area contributed by atoms with Crippen LogP contribution in [0.3, 0.4) is 0 Å². The number of benzene rings is 2. The summed E-state index contributed by atoms with van der Waals surface area (Å²) in [5.74, 6) is 0.934. The molecule has 3 heteroatoms. The number of hydrogen-bond donors (Lipinski definition) is 1. The highest BCUT2D eigenvalue weighted by Crippen LogP contribution is 2.54. The monoisotopic (exact) mass is 302 g/mol. The van der Waals surface area contributed by atoms with E-state index in [0.717, 1.165) is 52.0 Å². The Kier molecular flexibility index (Phi) is 2.52. The zero-order valence-electron chi connectivity index (χ0n) is 12.9. The fourth-order valence-corrected chi connectivity index (χ4v) is 4.20. The summed E-state index contributed by atoms with van der Waals surface area (Å²) in [6.07, 6.45) is 4.37. The smallest absolute Gasteiger partial charge is 0.138 e. The Labute approximate surface area is 135 Å². The number of ether oxygens (including phenoxy) is 1. The quantitative estimate of drug-likeness (QED) is 0.658. The molecule has 3 nitrogen and oxygen atoms in total. The number of fused-ring (bicyclic) bond motifs is 5. The van der Waals surface area contributed by atoms with Gasteiger partial charge in [-0.05, 0) is 43.9 Å². The number of hydrogen-bond acceptors (Lipinski definition) is 3. The lowest BCUT2D eigenvalue weighted by Crippen LogP contribution is -2.34. The third kappa shape index (κ3) is 1.68. The van der Waals surface area contributed by atoms with Crippen molar-refractivity contribution in [2.75, 3.05) is 5.73 Å². The number of pyridine rings is 1. The minimum Gasteiger partial charge on any atom is -0.482 e. The van der Waals surface area contributed by atoms with E-state index in [1.54, 1.807) is 0 Å². The van der Waals surface area contributed by atoms with E-state index in [-0.39, 0.29) is 5.60 Å². The standard InChI is InChI=1S/C20H18N2O/c21-18-13-7-1-3-9-15(13)22-19-14-8-2-4-10-16(14)23-20(17(18)19)11-5-6-12-20/h1-4,7-10H,5-6,11-12H2,(H2,21,22). The van der Waals surface area contributed by atoms with Crippen LogP contribution in [0.4, 0.5) is 5.69 Å². The lowest BCUT2D eigenvalue weighted by Gasteiger charge is -2.38. The average molecular weight is 302 g/mol. The number of nitrogen functional groups attached to an aromatic ring is 1. The summed E-state index contributed by atoms with van der Waals surface area (Å²) in [5, 5.41) is 1.03. The van der Waals surface area contributed by atoms with Gasteiger partial charge in [0.05, 0.1) is 16.9 Å². The Balaban J connectivity index is 1.92. The highest BCUT2D eigenvalue weighted by molar-refractivity contribution is 5.97. The molecular formula is C20H18N2O. The summed E-state index contributed by atoms with van der Waals surface area (Å²) in [7, 11) is 0. The fraction of sp³-hybridized carbons (Fsp3) is 0.250. The largest absolute Gasteiger partial charge is 0.482 e. The number of nitrogens with two attached hydrogens (primary N) is 1. The summed E-state index contributed by atoms with van der Waals surface area (Å²) >= 11 is 0. The fourth-order valence-electron chi connectivity index (χ4n) is 4.20. The van der Waals surface area contributed by atoms with Crippen molar-refractivity contribution in [2.24, 2.45) is 0 Å². The van der Waals surface area contributed by atoms with Crippen molar-refractivity contribution < 1.29 is 4.74 Å². The number of nitrogens with zero attached hydrogens (tertiary/aromatic N) is 1. The van der Waals surface area contributed by atoms with Gasteiger partial charge in [0.15, 0.2) is 0 Å². The molecule has 2 aromatic carbocycles. The Morgan fingerprint density at radius 3 is 2.57 bits per heavy atom. The average Bonchev–Trinajstić information content (AvgIpc) is 3.03. The van der Waals surface area contributed by atoms with Crippen LogP contribution in [-0.4, -0.2) is 4.98 Å². The highest BCUT2D eigenvalue weighted by atomic mass is 16.5. The summed E-state index contributed by atoms with van der Waals surface area (Å²) in [6, 6.07) is 16.3. The minimum absolute atomic E-state index is 0.301. The van der Waals surface area contributed by atoms with Crippen LogP contribution in [-0.2, 0) is 5.60 Å². The Morgan fingerprint density at radius 1 is 0.957 bits per heavy atom. The van der Waals surface area contributed by atoms with Gasteiger partial charge in [-0.3, -0.25) is 0 Å². The molecule has 1 saturated carbocycles. The molecule has 1 fully saturated rings. The maximum atomic E-state index is 6.63. The van der Waals surface area contributed by atoms with Crippen molar-refractivity contribution in [3.8, 4) is 17.0 Å². The number of anilines is 1. The molecule has 1 aromatic heterocycles. The van der Waals surface area contributed by atoms with E-state index in [4.69, 9.17) is 15.5 Å². The van der Waals surface area contributed by atoms with Crippen molar-refractivity contribution in [3.05, 3.63) is 54.1 Å². The van der Waals surface area contributed by atoms with Crippen LogP contribution in [0.15, 0.2) is 48.5 Å². The molecule has 5 rings (SSSR count). The van der Waals surface area contributed by atoms with Crippen LogP contribution in [0.5, 0.6) is 5.75 Å². The van der Waals surface area contributed by atoms with Crippen molar-refractivity contribution in [1.29, 1.82) is 0 Å². The molecule has 2 heterocycles. The molecule has 0 bridgehead atoms. The second kappa shape index (κ2) is 4.48. The topological polar surface area (TPSA) is 48.1 Å². The SMILES string of the molecule is Nc1c2c(nc3ccccc13)-c1ccccc1OC21CCCC1.